The normalized spacial score (nSPS) is 20.2. The number of carbonyl (C=O) groups is 2. The molecular formula is C33H38N2O6. The molecule has 0 bridgehead atoms. The van der Waals surface area contributed by atoms with Crippen LogP contribution in [-0.2, 0) is 9.59 Å². The number of hydrogen-bond donors (Lipinski definition) is 0. The highest BCUT2D eigenvalue weighted by atomic mass is 16.6. The highest BCUT2D eigenvalue weighted by molar-refractivity contribution is 6.08. The number of non-ortho nitro benzene ring substituents is 1. The minimum absolute atomic E-state index is 0.0117. The average molecular weight is 559 g/mol. The summed E-state index contributed by atoms with van der Waals surface area (Å²) in [6.07, 6.45) is 1.81. The largest absolute Gasteiger partial charge is 0.493 e. The first kappa shape index (κ1) is 28.6. The monoisotopic (exact) mass is 558 g/mol. The molecule has 1 heterocycles. The third-order valence-corrected chi connectivity index (χ3v) is 8.09. The van der Waals surface area contributed by atoms with Crippen molar-refractivity contribution in [3.63, 3.8) is 0 Å². The molecule has 0 spiro atoms. The van der Waals surface area contributed by atoms with Crippen LogP contribution in [0.1, 0.15) is 78.7 Å². The number of benzene rings is 2. The van der Waals surface area contributed by atoms with E-state index in [4.69, 9.17) is 9.47 Å². The van der Waals surface area contributed by atoms with E-state index >= 15 is 0 Å². The Morgan fingerprint density at radius 2 is 1.46 bits per heavy atom. The lowest BCUT2D eigenvalue weighted by Gasteiger charge is -2.49. The zero-order chi connectivity index (χ0) is 29.9. The highest BCUT2D eigenvalue weighted by Crippen LogP contribution is 2.56. The fourth-order valence-electron chi connectivity index (χ4n) is 6.57. The van der Waals surface area contributed by atoms with Gasteiger partial charge in [-0.15, -0.1) is 0 Å². The lowest BCUT2D eigenvalue weighted by molar-refractivity contribution is -0.384. The van der Waals surface area contributed by atoms with Crippen molar-refractivity contribution in [3.05, 3.63) is 80.7 Å². The van der Waals surface area contributed by atoms with Gasteiger partial charge in [-0.3, -0.25) is 19.7 Å². The van der Waals surface area contributed by atoms with Crippen LogP contribution in [0.15, 0.2) is 65.0 Å². The summed E-state index contributed by atoms with van der Waals surface area (Å²) in [7, 11) is 1.58. The molecule has 0 amide bonds. The Labute approximate surface area is 241 Å². The van der Waals surface area contributed by atoms with Crippen molar-refractivity contribution in [3.8, 4) is 11.5 Å². The molecule has 8 heteroatoms. The van der Waals surface area contributed by atoms with Crippen LogP contribution in [0.4, 0.5) is 11.4 Å². The Hall–Kier alpha value is -3.94. The molecule has 2 aliphatic carbocycles. The van der Waals surface area contributed by atoms with Crippen molar-refractivity contribution < 1.29 is 24.0 Å². The lowest BCUT2D eigenvalue weighted by atomic mass is 9.63. The second-order valence-electron chi connectivity index (χ2n) is 13.2. The number of nitro groups is 1. The first-order valence-corrected chi connectivity index (χ1v) is 14.1. The predicted octanol–water partition coefficient (Wildman–Crippen LogP) is 7.28. The van der Waals surface area contributed by atoms with E-state index in [0.29, 0.717) is 54.0 Å². The van der Waals surface area contributed by atoms with Gasteiger partial charge in [-0.05, 0) is 61.3 Å². The molecule has 0 unspecified atom stereocenters. The Morgan fingerprint density at radius 3 is 1.98 bits per heavy atom. The zero-order valence-electron chi connectivity index (χ0n) is 24.9. The Bertz CT molecular complexity index is 1460. The summed E-state index contributed by atoms with van der Waals surface area (Å²) in [6, 6.07) is 12.1. The van der Waals surface area contributed by atoms with Crippen LogP contribution < -0.4 is 14.4 Å². The third-order valence-electron chi connectivity index (χ3n) is 8.09. The fraction of sp³-hybridized carbons (Fsp3) is 0.455. The molecule has 2 aromatic rings. The summed E-state index contributed by atoms with van der Waals surface area (Å²) in [4.78, 5) is 41.5. The maximum Gasteiger partial charge on any atom is 0.271 e. The van der Waals surface area contributed by atoms with Gasteiger partial charge in [0.05, 0.1) is 23.8 Å². The standard InChI is InChI=1S/C33H38N2O6/c1-19(2)41-27-12-11-20(13-28(27)40-7)29-30-23(15-32(3,4)17-25(30)36)34(21-9-8-10-22(14-21)35(38)39)24-16-33(5,6)18-26(37)31(24)29/h8-14,19,29H,15-18H2,1-7H3. The van der Waals surface area contributed by atoms with Gasteiger partial charge >= 0.3 is 0 Å². The molecule has 3 aliphatic rings. The minimum atomic E-state index is -0.566. The zero-order valence-corrected chi connectivity index (χ0v) is 24.9. The molecular weight excluding hydrogens is 520 g/mol. The van der Waals surface area contributed by atoms with Crippen molar-refractivity contribution in [2.75, 3.05) is 12.0 Å². The van der Waals surface area contributed by atoms with Crippen LogP contribution in [0.5, 0.6) is 11.5 Å². The van der Waals surface area contributed by atoms with Crippen LogP contribution in [0.2, 0.25) is 0 Å². The van der Waals surface area contributed by atoms with Crippen molar-refractivity contribution in [1.29, 1.82) is 0 Å². The van der Waals surface area contributed by atoms with Crippen molar-refractivity contribution >= 4 is 22.9 Å². The number of ether oxygens (including phenoxy) is 2. The molecule has 216 valence electrons. The van der Waals surface area contributed by atoms with E-state index in [1.54, 1.807) is 13.2 Å². The third kappa shape index (κ3) is 5.27. The summed E-state index contributed by atoms with van der Waals surface area (Å²) < 4.78 is 11.6. The van der Waals surface area contributed by atoms with Crippen molar-refractivity contribution in [2.24, 2.45) is 10.8 Å². The smallest absolute Gasteiger partial charge is 0.271 e. The van der Waals surface area contributed by atoms with E-state index < -0.39 is 10.8 Å². The molecule has 0 radical (unpaired) electrons. The van der Waals surface area contributed by atoms with Gasteiger partial charge in [-0.2, -0.15) is 0 Å². The molecule has 0 aromatic heterocycles. The molecule has 0 N–H and O–H groups in total. The summed E-state index contributed by atoms with van der Waals surface area (Å²) in [5, 5.41) is 11.7. The number of Topliss-reactive ketones (excluding diaryl/α,β-unsaturated/α-hetero) is 2. The number of anilines is 1. The van der Waals surface area contributed by atoms with Crippen LogP contribution in [0.25, 0.3) is 0 Å². The number of nitrogens with zero attached hydrogens (tertiary/aromatic N) is 2. The maximum atomic E-state index is 14.1. The Balaban J connectivity index is 1.81. The average Bonchev–Trinajstić information content (AvgIpc) is 2.86. The Morgan fingerprint density at radius 1 is 0.878 bits per heavy atom. The molecule has 5 rings (SSSR count). The van der Waals surface area contributed by atoms with Crippen LogP contribution >= 0.6 is 0 Å². The van der Waals surface area contributed by atoms with Gasteiger partial charge in [0.15, 0.2) is 23.1 Å². The van der Waals surface area contributed by atoms with Crippen LogP contribution in [0.3, 0.4) is 0 Å². The molecule has 0 saturated carbocycles. The first-order valence-electron chi connectivity index (χ1n) is 14.1. The lowest BCUT2D eigenvalue weighted by Crippen LogP contribution is -2.44. The maximum absolute atomic E-state index is 14.1. The van der Waals surface area contributed by atoms with Gasteiger partial charge in [-0.1, -0.05) is 39.8 Å². The molecule has 2 aromatic carbocycles. The fourth-order valence-corrected chi connectivity index (χ4v) is 6.57. The van der Waals surface area contributed by atoms with Crippen LogP contribution in [0, 0.1) is 20.9 Å². The van der Waals surface area contributed by atoms with E-state index in [2.05, 4.69) is 27.7 Å². The SMILES string of the molecule is COc1cc(C2C3=C(CC(C)(C)CC3=O)N(c3cccc([N+](=O)[O-])c3)C3=C2C(=O)CC(C)(C)C3)ccc1OC(C)C. The number of rotatable bonds is 6. The molecule has 0 atom stereocenters. The molecule has 1 aliphatic heterocycles. The second kappa shape index (κ2) is 10.2. The summed E-state index contributed by atoms with van der Waals surface area (Å²) in [5.74, 6) is 0.540. The van der Waals surface area contributed by atoms with Gasteiger partial charge in [-0.25, -0.2) is 0 Å². The first-order chi connectivity index (χ1) is 19.2. The predicted molar refractivity (Wildman–Crippen MR) is 157 cm³/mol. The van der Waals surface area contributed by atoms with E-state index in [0.717, 1.165) is 17.0 Å². The summed E-state index contributed by atoms with van der Waals surface area (Å²) >= 11 is 0. The van der Waals surface area contributed by atoms with E-state index in [9.17, 15) is 19.7 Å². The highest BCUT2D eigenvalue weighted by Gasteiger charge is 2.49. The number of nitro benzene ring substituents is 1. The minimum Gasteiger partial charge on any atom is -0.493 e. The van der Waals surface area contributed by atoms with Crippen LogP contribution in [-0.4, -0.2) is 29.7 Å². The van der Waals surface area contributed by atoms with E-state index in [-0.39, 0.29) is 34.2 Å². The van der Waals surface area contributed by atoms with E-state index in [1.807, 2.05) is 43.0 Å². The Kier molecular flexibility index (Phi) is 7.08. The summed E-state index contributed by atoms with van der Waals surface area (Å²) in [5.41, 5.74) is 3.48. The van der Waals surface area contributed by atoms with Gasteiger partial charge in [0.25, 0.3) is 5.69 Å². The molecule has 8 nitrogen and oxygen atoms in total. The number of ketones is 2. The van der Waals surface area contributed by atoms with Gasteiger partial charge in [0.2, 0.25) is 0 Å². The number of methoxy groups -OCH3 is 1. The van der Waals surface area contributed by atoms with Gasteiger partial charge in [0, 0.05) is 53.4 Å². The van der Waals surface area contributed by atoms with Gasteiger partial charge in [0.1, 0.15) is 0 Å². The molecule has 0 saturated heterocycles. The summed E-state index contributed by atoms with van der Waals surface area (Å²) in [6.45, 7) is 12.1. The van der Waals surface area contributed by atoms with E-state index in [1.165, 1.54) is 12.1 Å². The molecule has 0 fully saturated rings. The van der Waals surface area contributed by atoms with Gasteiger partial charge < -0.3 is 14.4 Å². The number of carbonyl (C=O) groups excluding carboxylic acids is 2. The second-order valence-corrected chi connectivity index (χ2v) is 13.2. The topological polar surface area (TPSA) is 99.0 Å². The number of hydrogen-bond acceptors (Lipinski definition) is 7. The molecule has 41 heavy (non-hydrogen) atoms. The van der Waals surface area contributed by atoms with Crippen molar-refractivity contribution in [1.82, 2.24) is 0 Å². The quantitative estimate of drug-likeness (QED) is 0.271. The van der Waals surface area contributed by atoms with Crippen molar-refractivity contribution in [2.45, 2.75) is 79.2 Å². The number of allylic oxidation sites excluding steroid dienone is 4.